The summed E-state index contributed by atoms with van der Waals surface area (Å²) < 4.78 is 12.2. The van der Waals surface area contributed by atoms with Crippen molar-refractivity contribution in [2.45, 2.75) is 81.1 Å². The molecule has 198 valence electrons. The summed E-state index contributed by atoms with van der Waals surface area (Å²) in [5, 5.41) is 41.4. The van der Waals surface area contributed by atoms with Crippen molar-refractivity contribution < 1.29 is 44.3 Å². The highest BCUT2D eigenvalue weighted by molar-refractivity contribution is 5.88. The summed E-state index contributed by atoms with van der Waals surface area (Å²) in [6.07, 6.45) is 1.76. The average Bonchev–Trinajstić information content (AvgIpc) is 3.48. The highest BCUT2D eigenvalue weighted by Gasteiger charge is 2.72. The second-order valence-corrected chi connectivity index (χ2v) is 11.2. The first-order valence-corrected chi connectivity index (χ1v) is 12.9. The normalized spacial score (nSPS) is 35.8. The zero-order valence-corrected chi connectivity index (χ0v) is 20.6. The monoisotopic (exact) mass is 513 g/mol. The molecule has 37 heavy (non-hydrogen) atoms. The van der Waals surface area contributed by atoms with Crippen LogP contribution in [0.1, 0.15) is 56.6 Å². The lowest BCUT2D eigenvalue weighted by Gasteiger charge is -2.61. The number of carbonyl (C=O) groups excluding carboxylic acids is 2. The van der Waals surface area contributed by atoms with Gasteiger partial charge in [0.1, 0.15) is 11.8 Å². The lowest BCUT2D eigenvalue weighted by molar-refractivity contribution is -0.172. The molecule has 1 unspecified atom stereocenters. The number of phenols is 1. The molecule has 2 bridgehead atoms. The number of aliphatic hydroxyl groups excluding tert-OH is 1. The minimum Gasteiger partial charge on any atom is -0.504 e. The van der Waals surface area contributed by atoms with Crippen molar-refractivity contribution in [3.63, 3.8) is 0 Å². The molecule has 7 atom stereocenters. The van der Waals surface area contributed by atoms with E-state index in [9.17, 15) is 29.7 Å². The summed E-state index contributed by atoms with van der Waals surface area (Å²) in [7, 11) is 0. The molecule has 1 spiro atoms. The third kappa shape index (κ3) is 3.21. The van der Waals surface area contributed by atoms with Gasteiger partial charge in [-0.05, 0) is 68.1 Å². The topological polar surface area (TPSA) is 154 Å². The Morgan fingerprint density at radius 2 is 2.05 bits per heavy atom. The van der Waals surface area contributed by atoms with Gasteiger partial charge in [-0.2, -0.15) is 0 Å². The van der Waals surface area contributed by atoms with E-state index in [2.05, 4.69) is 6.92 Å². The lowest BCUT2D eigenvalue weighted by atomic mass is 9.45. The Balaban J connectivity index is 1.31. The van der Waals surface area contributed by atoms with Crippen molar-refractivity contribution in [3.05, 3.63) is 35.1 Å². The van der Waals surface area contributed by atoms with Crippen LogP contribution in [-0.4, -0.2) is 73.6 Å². The Hall–Kier alpha value is -3.11. The molecule has 2 aliphatic heterocycles. The Morgan fingerprint density at radius 3 is 2.81 bits per heavy atom. The van der Waals surface area contributed by atoms with Gasteiger partial charge in [-0.15, -0.1) is 0 Å². The van der Waals surface area contributed by atoms with Crippen molar-refractivity contribution in [3.8, 4) is 11.5 Å². The average molecular weight is 514 g/mol. The molecule has 1 aromatic rings. The van der Waals surface area contributed by atoms with Crippen molar-refractivity contribution in [2.75, 3.05) is 6.54 Å². The summed E-state index contributed by atoms with van der Waals surface area (Å²) in [6.45, 7) is 2.41. The molecule has 5 aliphatic rings. The molecule has 1 amide bonds. The van der Waals surface area contributed by atoms with Crippen LogP contribution < -0.4 is 4.74 Å². The zero-order chi connectivity index (χ0) is 26.3. The number of aliphatic hydroxyl groups is 2. The third-order valence-corrected chi connectivity index (χ3v) is 9.45. The molecule has 1 aromatic carbocycles. The maximum atomic E-state index is 13.3. The van der Waals surface area contributed by atoms with Crippen LogP contribution in [0.15, 0.2) is 24.0 Å². The number of nitrogens with zero attached hydrogens (tertiary/aromatic N) is 1. The van der Waals surface area contributed by atoms with Gasteiger partial charge < -0.3 is 34.8 Å². The summed E-state index contributed by atoms with van der Waals surface area (Å²) in [5.41, 5.74) is -0.120. The van der Waals surface area contributed by atoms with E-state index in [1.165, 1.54) is 4.90 Å². The van der Waals surface area contributed by atoms with Crippen LogP contribution in [0.2, 0.25) is 0 Å². The predicted molar refractivity (Wildman–Crippen MR) is 127 cm³/mol. The van der Waals surface area contributed by atoms with E-state index >= 15 is 0 Å². The summed E-state index contributed by atoms with van der Waals surface area (Å²) in [6, 6.07) is 2.59. The van der Waals surface area contributed by atoms with Gasteiger partial charge in [0.25, 0.3) is 0 Å². The number of ether oxygens (including phenoxy) is 2. The van der Waals surface area contributed by atoms with Crippen LogP contribution in [0.4, 0.5) is 0 Å². The number of aromatic hydroxyl groups is 1. The van der Waals surface area contributed by atoms with E-state index in [1.54, 1.807) is 12.1 Å². The van der Waals surface area contributed by atoms with Gasteiger partial charge in [-0.1, -0.05) is 13.0 Å². The fourth-order valence-corrected chi connectivity index (χ4v) is 7.68. The molecular formula is C27H31NO9. The van der Waals surface area contributed by atoms with E-state index in [1.807, 2.05) is 6.07 Å². The first-order valence-electron chi connectivity index (χ1n) is 12.9. The Kier molecular flexibility index (Phi) is 5.37. The van der Waals surface area contributed by atoms with E-state index in [0.29, 0.717) is 37.4 Å². The number of hydrogen-bond donors (Lipinski definition) is 4. The molecule has 3 aliphatic carbocycles. The first kappa shape index (κ1) is 24.2. The van der Waals surface area contributed by atoms with Crippen molar-refractivity contribution >= 4 is 17.8 Å². The molecule has 4 N–H and O–H groups in total. The highest BCUT2D eigenvalue weighted by atomic mass is 16.6. The summed E-state index contributed by atoms with van der Waals surface area (Å²) in [5.74, 6) is -1.93. The van der Waals surface area contributed by atoms with Crippen molar-refractivity contribution in [1.82, 2.24) is 4.90 Å². The third-order valence-electron chi connectivity index (χ3n) is 9.45. The van der Waals surface area contributed by atoms with E-state index < -0.39 is 53.5 Å². The summed E-state index contributed by atoms with van der Waals surface area (Å²) >= 11 is 0. The number of likely N-dealkylation sites (tertiary alicyclic amines) is 1. The lowest BCUT2D eigenvalue weighted by Crippen LogP contribution is -2.69. The van der Waals surface area contributed by atoms with Gasteiger partial charge in [0.15, 0.2) is 23.7 Å². The number of benzene rings is 1. The minimum absolute atomic E-state index is 0.00699. The van der Waals surface area contributed by atoms with Gasteiger partial charge in [0, 0.05) is 12.1 Å². The number of carboxylic acid groups (broad SMARTS) is 1. The van der Waals surface area contributed by atoms with Gasteiger partial charge in [-0.3, -0.25) is 4.79 Å². The molecule has 2 fully saturated rings. The Labute approximate surface area is 213 Å². The largest absolute Gasteiger partial charge is 0.504 e. The maximum absolute atomic E-state index is 13.3. The van der Waals surface area contributed by atoms with E-state index in [4.69, 9.17) is 14.6 Å². The Bertz CT molecular complexity index is 1230. The fourth-order valence-electron chi connectivity index (χ4n) is 7.68. The van der Waals surface area contributed by atoms with Gasteiger partial charge >= 0.3 is 11.9 Å². The number of rotatable bonds is 5. The molecule has 0 radical (unpaired) electrons. The SMILES string of the molecule is CC1CC[C@]23c4c5ccc(O)c4O[C@H]2C(OC(=O)[C@@H]2CCCN2C(=O)C[C@H](O)C(=O)O)=CC[C@@]3(O)[C@H]1C5. The molecule has 10 heteroatoms. The number of carboxylic acids is 1. The molecule has 2 heterocycles. The molecule has 0 aromatic heterocycles. The number of esters is 1. The van der Waals surface area contributed by atoms with Crippen LogP contribution in [0.3, 0.4) is 0 Å². The quantitative estimate of drug-likeness (QED) is 0.428. The molecule has 1 saturated heterocycles. The second-order valence-electron chi connectivity index (χ2n) is 11.2. The fraction of sp³-hybridized carbons (Fsp3) is 0.593. The van der Waals surface area contributed by atoms with Crippen LogP contribution >= 0.6 is 0 Å². The van der Waals surface area contributed by atoms with E-state index in [0.717, 1.165) is 17.5 Å². The molecular weight excluding hydrogens is 482 g/mol. The molecule has 6 rings (SSSR count). The smallest absolute Gasteiger partial charge is 0.334 e. The first-order chi connectivity index (χ1) is 17.6. The van der Waals surface area contributed by atoms with Crippen LogP contribution in [-0.2, 0) is 31.0 Å². The number of phenolic OH excluding ortho intramolecular Hbond substituents is 1. The van der Waals surface area contributed by atoms with Crippen LogP contribution in [0.25, 0.3) is 0 Å². The highest BCUT2D eigenvalue weighted by Crippen LogP contribution is 2.68. The number of amides is 1. The second kappa shape index (κ2) is 8.19. The van der Waals surface area contributed by atoms with Crippen molar-refractivity contribution in [1.29, 1.82) is 0 Å². The number of aliphatic carboxylic acids is 1. The van der Waals surface area contributed by atoms with E-state index in [-0.39, 0.29) is 30.4 Å². The Morgan fingerprint density at radius 1 is 1.27 bits per heavy atom. The molecule has 10 nitrogen and oxygen atoms in total. The predicted octanol–water partition coefficient (Wildman–Crippen LogP) is 1.38. The van der Waals surface area contributed by atoms with Crippen LogP contribution in [0.5, 0.6) is 11.5 Å². The number of hydrogen-bond acceptors (Lipinski definition) is 8. The van der Waals surface area contributed by atoms with Gasteiger partial charge in [0.05, 0.1) is 17.4 Å². The van der Waals surface area contributed by atoms with Gasteiger partial charge in [-0.25, -0.2) is 9.59 Å². The van der Waals surface area contributed by atoms with Crippen molar-refractivity contribution in [2.24, 2.45) is 11.8 Å². The summed E-state index contributed by atoms with van der Waals surface area (Å²) in [4.78, 5) is 38.2. The minimum atomic E-state index is -1.84. The number of carbonyl (C=O) groups is 3. The maximum Gasteiger partial charge on any atom is 0.334 e. The van der Waals surface area contributed by atoms with Gasteiger partial charge in [0.2, 0.25) is 5.91 Å². The van der Waals surface area contributed by atoms with Crippen LogP contribution in [0, 0.1) is 11.8 Å². The zero-order valence-electron chi connectivity index (χ0n) is 20.6. The molecule has 1 saturated carbocycles. The standard InChI is InChI=1S/C27H31NO9/c1-13-6-8-26-21-14-4-5-17(29)22(21)37-23(26)19(7-9-27(26,35)15(13)11-14)36-25(34)16-3-2-10-28(16)20(31)12-18(30)24(32)33/h4-5,7,13,15-16,18,23,29-30,35H,2-3,6,8-12H2,1H3,(H,32,33)/t13?,15-,16-,18-,23-,26-,27+/m0/s1.